The number of halogens is 1. The number of benzene rings is 3. The van der Waals surface area contributed by atoms with Crippen LogP contribution in [0.4, 0.5) is 4.39 Å². The Kier molecular flexibility index (Phi) is 5.26. The lowest BCUT2D eigenvalue weighted by Crippen LogP contribution is -2.25. The van der Waals surface area contributed by atoms with Crippen LogP contribution in [-0.4, -0.2) is 22.1 Å². The van der Waals surface area contributed by atoms with Crippen LogP contribution in [0.5, 0.6) is 0 Å². The predicted octanol–water partition coefficient (Wildman–Crippen LogP) is 5.10. The molecule has 4 nitrogen and oxygen atoms in total. The van der Waals surface area contributed by atoms with E-state index in [2.05, 4.69) is 27.2 Å². The Morgan fingerprint density at radius 3 is 2.11 bits per heavy atom. The van der Waals surface area contributed by atoms with Crippen molar-refractivity contribution in [3.8, 4) is 11.5 Å². The van der Waals surface area contributed by atoms with Crippen LogP contribution in [0.25, 0.3) is 11.5 Å². The third-order valence-corrected chi connectivity index (χ3v) is 4.61. The van der Waals surface area contributed by atoms with E-state index in [0.29, 0.717) is 18.3 Å². The largest absolute Gasteiger partial charge is 0.419 e. The first-order chi connectivity index (χ1) is 13.7. The Morgan fingerprint density at radius 2 is 1.43 bits per heavy atom. The van der Waals surface area contributed by atoms with Crippen LogP contribution in [0, 0.1) is 5.82 Å². The zero-order valence-corrected chi connectivity index (χ0v) is 15.5. The highest BCUT2D eigenvalue weighted by Crippen LogP contribution is 2.29. The summed E-state index contributed by atoms with van der Waals surface area (Å²) in [6, 6.07) is 26.3. The van der Waals surface area contributed by atoms with Crippen LogP contribution in [0.3, 0.4) is 0 Å². The molecule has 0 saturated heterocycles. The van der Waals surface area contributed by atoms with Gasteiger partial charge in [0.1, 0.15) is 5.82 Å². The summed E-state index contributed by atoms with van der Waals surface area (Å²) in [5.74, 6) is 0.786. The smallest absolute Gasteiger partial charge is 0.247 e. The zero-order valence-electron chi connectivity index (χ0n) is 15.5. The molecule has 1 unspecified atom stereocenters. The van der Waals surface area contributed by atoms with Crippen molar-refractivity contribution in [3.05, 3.63) is 108 Å². The van der Waals surface area contributed by atoms with Gasteiger partial charge in [-0.3, -0.25) is 4.90 Å². The summed E-state index contributed by atoms with van der Waals surface area (Å²) in [5, 5.41) is 8.36. The highest BCUT2D eigenvalue weighted by molar-refractivity contribution is 5.51. The number of hydrogen-bond acceptors (Lipinski definition) is 4. The van der Waals surface area contributed by atoms with Crippen LogP contribution >= 0.6 is 0 Å². The third kappa shape index (κ3) is 4.00. The maximum absolute atomic E-state index is 13.4. The molecular weight excluding hydrogens is 353 g/mol. The minimum absolute atomic E-state index is 0.0612. The molecule has 0 N–H and O–H groups in total. The van der Waals surface area contributed by atoms with E-state index >= 15 is 0 Å². The van der Waals surface area contributed by atoms with Gasteiger partial charge in [-0.25, -0.2) is 4.39 Å². The molecule has 0 saturated carbocycles. The molecule has 0 aliphatic rings. The summed E-state index contributed by atoms with van der Waals surface area (Å²) >= 11 is 0. The molecule has 3 aromatic carbocycles. The predicted molar refractivity (Wildman–Crippen MR) is 106 cm³/mol. The first kappa shape index (κ1) is 18.1. The second-order valence-corrected chi connectivity index (χ2v) is 6.65. The van der Waals surface area contributed by atoms with Gasteiger partial charge in [0.05, 0.1) is 12.6 Å². The van der Waals surface area contributed by atoms with Crippen molar-refractivity contribution >= 4 is 0 Å². The Balaban J connectivity index is 1.60. The van der Waals surface area contributed by atoms with Gasteiger partial charge >= 0.3 is 0 Å². The van der Waals surface area contributed by atoms with Crippen LogP contribution in [-0.2, 0) is 6.54 Å². The van der Waals surface area contributed by atoms with Crippen LogP contribution < -0.4 is 0 Å². The van der Waals surface area contributed by atoms with Gasteiger partial charge in [-0.05, 0) is 42.4 Å². The Labute approximate surface area is 163 Å². The van der Waals surface area contributed by atoms with E-state index in [-0.39, 0.29) is 11.9 Å². The van der Waals surface area contributed by atoms with Crippen molar-refractivity contribution in [1.82, 2.24) is 15.1 Å². The monoisotopic (exact) mass is 373 g/mol. The molecule has 0 aliphatic heterocycles. The average molecular weight is 373 g/mol. The van der Waals surface area contributed by atoms with Crippen molar-refractivity contribution < 1.29 is 8.81 Å². The van der Waals surface area contributed by atoms with E-state index in [1.54, 1.807) is 0 Å². The van der Waals surface area contributed by atoms with Gasteiger partial charge in [-0.1, -0.05) is 60.7 Å². The van der Waals surface area contributed by atoms with Gasteiger partial charge in [0.15, 0.2) is 0 Å². The normalized spacial score (nSPS) is 12.2. The molecule has 0 fully saturated rings. The van der Waals surface area contributed by atoms with Crippen molar-refractivity contribution in [2.45, 2.75) is 12.6 Å². The first-order valence-electron chi connectivity index (χ1n) is 9.09. The van der Waals surface area contributed by atoms with E-state index in [1.807, 2.05) is 67.7 Å². The topological polar surface area (TPSA) is 42.2 Å². The second-order valence-electron chi connectivity index (χ2n) is 6.65. The van der Waals surface area contributed by atoms with Crippen molar-refractivity contribution in [2.75, 3.05) is 7.05 Å². The third-order valence-electron chi connectivity index (χ3n) is 4.61. The summed E-state index contributed by atoms with van der Waals surface area (Å²) in [7, 11) is 1.99. The number of rotatable bonds is 6. The second kappa shape index (κ2) is 8.15. The van der Waals surface area contributed by atoms with Gasteiger partial charge in [0, 0.05) is 5.56 Å². The first-order valence-corrected chi connectivity index (χ1v) is 9.09. The Hall–Kier alpha value is -3.31. The molecule has 5 heteroatoms. The minimum Gasteiger partial charge on any atom is -0.419 e. The lowest BCUT2D eigenvalue weighted by molar-refractivity contribution is 0.243. The fourth-order valence-electron chi connectivity index (χ4n) is 3.30. The lowest BCUT2D eigenvalue weighted by Gasteiger charge is -2.28. The highest BCUT2D eigenvalue weighted by atomic mass is 19.1. The molecule has 0 bridgehead atoms. The average Bonchev–Trinajstić information content (AvgIpc) is 3.20. The van der Waals surface area contributed by atoms with Crippen molar-refractivity contribution in [1.29, 1.82) is 0 Å². The highest BCUT2D eigenvalue weighted by Gasteiger charge is 2.21. The summed E-state index contributed by atoms with van der Waals surface area (Å²) in [4.78, 5) is 2.12. The summed E-state index contributed by atoms with van der Waals surface area (Å²) in [5.41, 5.74) is 3.00. The lowest BCUT2D eigenvalue weighted by atomic mass is 9.97. The minimum atomic E-state index is -0.248. The van der Waals surface area contributed by atoms with Crippen molar-refractivity contribution in [3.63, 3.8) is 0 Å². The molecule has 0 spiro atoms. The Morgan fingerprint density at radius 1 is 0.821 bits per heavy atom. The molecule has 28 heavy (non-hydrogen) atoms. The standard InChI is InChI=1S/C23H20FN3O/c1-27(16-21-25-26-23(28-21)19-10-6-3-7-11-19)22(17-8-4-2-5-9-17)18-12-14-20(24)15-13-18/h2-15,22H,16H2,1H3. The van der Waals surface area contributed by atoms with Gasteiger partial charge in [0.2, 0.25) is 11.8 Å². The summed E-state index contributed by atoms with van der Waals surface area (Å²) in [6.07, 6.45) is 0. The number of hydrogen-bond donors (Lipinski definition) is 0. The van der Waals surface area contributed by atoms with Gasteiger partial charge in [0.25, 0.3) is 0 Å². The van der Waals surface area contributed by atoms with E-state index in [9.17, 15) is 4.39 Å². The SMILES string of the molecule is CN(Cc1nnc(-c2ccccc2)o1)C(c1ccccc1)c1ccc(F)cc1. The quantitative estimate of drug-likeness (QED) is 0.472. The maximum Gasteiger partial charge on any atom is 0.247 e. The van der Waals surface area contributed by atoms with Gasteiger partial charge in [-0.2, -0.15) is 0 Å². The molecule has 0 radical (unpaired) electrons. The molecular formula is C23H20FN3O. The molecule has 0 aliphatic carbocycles. The molecule has 4 aromatic rings. The van der Waals surface area contributed by atoms with E-state index in [1.165, 1.54) is 12.1 Å². The van der Waals surface area contributed by atoms with Gasteiger partial charge in [-0.15, -0.1) is 10.2 Å². The van der Waals surface area contributed by atoms with Crippen LogP contribution in [0.15, 0.2) is 89.3 Å². The van der Waals surface area contributed by atoms with E-state index in [4.69, 9.17) is 4.42 Å². The van der Waals surface area contributed by atoms with Crippen LogP contribution in [0.1, 0.15) is 23.1 Å². The molecule has 4 rings (SSSR count). The molecule has 1 atom stereocenters. The molecule has 1 aromatic heterocycles. The van der Waals surface area contributed by atoms with Gasteiger partial charge < -0.3 is 4.42 Å². The van der Waals surface area contributed by atoms with Crippen molar-refractivity contribution in [2.24, 2.45) is 0 Å². The molecule has 0 amide bonds. The molecule has 140 valence electrons. The summed E-state index contributed by atoms with van der Waals surface area (Å²) in [6.45, 7) is 0.469. The van der Waals surface area contributed by atoms with E-state index in [0.717, 1.165) is 16.7 Å². The molecule has 1 heterocycles. The number of aromatic nitrogens is 2. The zero-order chi connectivity index (χ0) is 19.3. The fourth-order valence-corrected chi connectivity index (χ4v) is 3.30. The summed E-state index contributed by atoms with van der Waals surface area (Å²) < 4.78 is 19.3. The van der Waals surface area contributed by atoms with E-state index < -0.39 is 0 Å². The fraction of sp³-hybridized carbons (Fsp3) is 0.130. The Bertz CT molecular complexity index is 1020. The van der Waals surface area contributed by atoms with Crippen LogP contribution in [0.2, 0.25) is 0 Å². The number of nitrogens with zero attached hydrogens (tertiary/aromatic N) is 3. The maximum atomic E-state index is 13.4.